The molecule has 0 saturated heterocycles. The third-order valence-electron chi connectivity index (χ3n) is 3.13. The average Bonchev–Trinajstić information content (AvgIpc) is 2.99. The molecule has 0 fully saturated rings. The first-order chi connectivity index (χ1) is 9.56. The molecule has 0 aliphatic rings. The van der Waals surface area contributed by atoms with Crippen LogP contribution in [-0.2, 0) is 19.6 Å². The zero-order chi connectivity index (χ0) is 14.7. The fourth-order valence-corrected chi connectivity index (χ4v) is 2.43. The zero-order valence-electron chi connectivity index (χ0n) is 11.9. The van der Waals surface area contributed by atoms with Crippen molar-refractivity contribution < 1.29 is 4.79 Å². The number of amides is 1. The highest BCUT2D eigenvalue weighted by Gasteiger charge is 2.14. The minimum Gasteiger partial charge on any atom is -0.346 e. The molecule has 108 valence electrons. The van der Waals surface area contributed by atoms with Gasteiger partial charge in [-0.1, -0.05) is 0 Å². The third kappa shape index (κ3) is 2.92. The Bertz CT molecular complexity index is 616. The van der Waals surface area contributed by atoms with E-state index in [0.29, 0.717) is 12.1 Å². The van der Waals surface area contributed by atoms with Crippen molar-refractivity contribution in [2.75, 3.05) is 0 Å². The first-order valence-electron chi connectivity index (χ1n) is 6.59. The second-order valence-electron chi connectivity index (χ2n) is 4.42. The molecule has 0 aliphatic carbocycles. The molecule has 2 aromatic heterocycles. The molecular weight excluding hydrogens is 322 g/mol. The Balaban J connectivity index is 2.08. The lowest BCUT2D eigenvalue weighted by molar-refractivity contribution is 0.0949. The van der Waals surface area contributed by atoms with Gasteiger partial charge in [0, 0.05) is 19.3 Å². The lowest BCUT2D eigenvalue weighted by Crippen LogP contribution is -2.25. The molecule has 2 heterocycles. The Labute approximate surface area is 126 Å². The van der Waals surface area contributed by atoms with Crippen LogP contribution >= 0.6 is 15.9 Å². The summed E-state index contributed by atoms with van der Waals surface area (Å²) < 4.78 is 4.52. The van der Waals surface area contributed by atoms with Gasteiger partial charge >= 0.3 is 0 Å². The first kappa shape index (κ1) is 14.8. The number of carbonyl (C=O) groups is 1. The van der Waals surface area contributed by atoms with Crippen molar-refractivity contribution in [2.24, 2.45) is 0 Å². The lowest BCUT2D eigenvalue weighted by atomic mass is 10.2. The second kappa shape index (κ2) is 6.21. The summed E-state index contributed by atoms with van der Waals surface area (Å²) >= 11 is 3.44. The van der Waals surface area contributed by atoms with Crippen LogP contribution in [0.3, 0.4) is 0 Å². The minimum atomic E-state index is -0.113. The summed E-state index contributed by atoms with van der Waals surface area (Å²) in [6.07, 6.45) is 3.52. The van der Waals surface area contributed by atoms with Gasteiger partial charge in [-0.05, 0) is 36.7 Å². The summed E-state index contributed by atoms with van der Waals surface area (Å²) in [5.74, 6) is -0.113. The van der Waals surface area contributed by atoms with Crippen LogP contribution in [0, 0.1) is 6.92 Å². The van der Waals surface area contributed by atoms with Gasteiger partial charge in [-0.15, -0.1) is 0 Å². The van der Waals surface area contributed by atoms with Gasteiger partial charge in [0.1, 0.15) is 0 Å². The first-order valence-corrected chi connectivity index (χ1v) is 7.38. The monoisotopic (exact) mass is 339 g/mol. The number of carbonyl (C=O) groups excluding carboxylic acids is 1. The maximum Gasteiger partial charge on any atom is 0.255 e. The van der Waals surface area contributed by atoms with Gasteiger partial charge in [0.05, 0.1) is 34.2 Å². The van der Waals surface area contributed by atoms with Crippen molar-refractivity contribution in [3.05, 3.63) is 33.8 Å². The van der Waals surface area contributed by atoms with E-state index in [4.69, 9.17) is 0 Å². The smallest absolute Gasteiger partial charge is 0.255 e. The fourth-order valence-electron chi connectivity index (χ4n) is 2.00. The molecule has 0 unspecified atom stereocenters. The Kier molecular flexibility index (Phi) is 4.59. The molecule has 6 nitrogen and oxygen atoms in total. The van der Waals surface area contributed by atoms with E-state index in [-0.39, 0.29) is 5.91 Å². The van der Waals surface area contributed by atoms with Crippen molar-refractivity contribution in [2.45, 2.75) is 40.4 Å². The molecule has 0 radical (unpaired) electrons. The fraction of sp³-hybridized carbons (Fsp3) is 0.462. The molecule has 0 aliphatic heterocycles. The topological polar surface area (TPSA) is 64.7 Å². The van der Waals surface area contributed by atoms with Gasteiger partial charge in [0.15, 0.2) is 0 Å². The number of aryl methyl sites for hydroxylation is 3. The van der Waals surface area contributed by atoms with Crippen molar-refractivity contribution in [1.82, 2.24) is 24.9 Å². The van der Waals surface area contributed by atoms with Crippen LogP contribution in [0.1, 0.15) is 35.6 Å². The van der Waals surface area contributed by atoms with Crippen molar-refractivity contribution in [1.29, 1.82) is 0 Å². The number of nitrogens with zero attached hydrogens (tertiary/aromatic N) is 4. The molecule has 1 N–H and O–H groups in total. The van der Waals surface area contributed by atoms with Gasteiger partial charge in [-0.2, -0.15) is 10.2 Å². The molecule has 0 saturated carbocycles. The summed E-state index contributed by atoms with van der Waals surface area (Å²) in [7, 11) is 0. The summed E-state index contributed by atoms with van der Waals surface area (Å²) in [4.78, 5) is 12.2. The van der Waals surface area contributed by atoms with Crippen molar-refractivity contribution in [3.63, 3.8) is 0 Å². The Morgan fingerprint density at radius 2 is 2.15 bits per heavy atom. The van der Waals surface area contributed by atoms with Crippen LogP contribution in [0.25, 0.3) is 0 Å². The largest absolute Gasteiger partial charge is 0.346 e. The number of hydrogen-bond acceptors (Lipinski definition) is 3. The highest BCUT2D eigenvalue weighted by Crippen LogP contribution is 2.16. The molecular formula is C13H18BrN5O. The number of hydrogen-bond donors (Lipinski definition) is 1. The molecule has 0 bridgehead atoms. The van der Waals surface area contributed by atoms with Gasteiger partial charge in [-0.25, -0.2) is 0 Å². The molecule has 0 atom stereocenters. The van der Waals surface area contributed by atoms with E-state index in [1.165, 1.54) is 0 Å². The molecule has 0 aromatic carbocycles. The predicted molar refractivity (Wildman–Crippen MR) is 79.4 cm³/mol. The van der Waals surface area contributed by atoms with E-state index in [2.05, 4.69) is 31.4 Å². The van der Waals surface area contributed by atoms with E-state index >= 15 is 0 Å². The van der Waals surface area contributed by atoms with Gasteiger partial charge < -0.3 is 5.32 Å². The van der Waals surface area contributed by atoms with E-state index in [0.717, 1.165) is 29.0 Å². The Morgan fingerprint density at radius 3 is 2.75 bits per heavy atom. The van der Waals surface area contributed by atoms with Crippen molar-refractivity contribution >= 4 is 21.8 Å². The van der Waals surface area contributed by atoms with E-state index in [9.17, 15) is 4.79 Å². The molecule has 0 spiro atoms. The van der Waals surface area contributed by atoms with Crippen LogP contribution in [0.15, 0.2) is 16.9 Å². The number of halogens is 1. The zero-order valence-corrected chi connectivity index (χ0v) is 13.4. The highest BCUT2D eigenvalue weighted by atomic mass is 79.9. The Morgan fingerprint density at radius 1 is 1.40 bits per heavy atom. The summed E-state index contributed by atoms with van der Waals surface area (Å²) in [5.41, 5.74) is 2.32. The van der Waals surface area contributed by atoms with E-state index < -0.39 is 0 Å². The predicted octanol–water partition coefficient (Wildman–Crippen LogP) is 2.12. The highest BCUT2D eigenvalue weighted by molar-refractivity contribution is 9.10. The summed E-state index contributed by atoms with van der Waals surface area (Å²) in [6.45, 7) is 7.80. The number of rotatable bonds is 5. The summed E-state index contributed by atoms with van der Waals surface area (Å²) in [6, 6.07) is 0. The van der Waals surface area contributed by atoms with Crippen LogP contribution in [0.4, 0.5) is 0 Å². The molecule has 2 rings (SSSR count). The normalized spacial score (nSPS) is 10.8. The van der Waals surface area contributed by atoms with Crippen molar-refractivity contribution in [3.8, 4) is 0 Å². The Hall–Kier alpha value is -1.63. The average molecular weight is 340 g/mol. The minimum absolute atomic E-state index is 0.113. The number of nitrogens with one attached hydrogen (secondary N) is 1. The van der Waals surface area contributed by atoms with Crippen LogP contribution in [-0.4, -0.2) is 25.5 Å². The number of aromatic nitrogens is 4. The molecule has 2 aromatic rings. The van der Waals surface area contributed by atoms with Gasteiger partial charge in [0.2, 0.25) is 0 Å². The molecule has 20 heavy (non-hydrogen) atoms. The molecule has 1 amide bonds. The SMILES string of the molecule is CCn1cc(C(=O)NCc2c(Br)cnn2CC)c(C)n1. The standard InChI is InChI=1S/C13H18BrN5O/c1-4-18-8-10(9(3)17-18)13(20)15-7-12-11(14)6-16-19(12)5-2/h6,8H,4-5,7H2,1-3H3,(H,15,20). The van der Waals surface area contributed by atoms with Gasteiger partial charge in [0.25, 0.3) is 5.91 Å². The quantitative estimate of drug-likeness (QED) is 0.907. The molecule has 7 heteroatoms. The maximum absolute atomic E-state index is 12.2. The van der Waals surface area contributed by atoms with Crippen LogP contribution in [0.2, 0.25) is 0 Å². The van der Waals surface area contributed by atoms with Crippen LogP contribution < -0.4 is 5.32 Å². The maximum atomic E-state index is 12.2. The second-order valence-corrected chi connectivity index (χ2v) is 5.28. The van der Waals surface area contributed by atoms with E-state index in [1.54, 1.807) is 17.1 Å². The van der Waals surface area contributed by atoms with E-state index in [1.807, 2.05) is 25.5 Å². The third-order valence-corrected chi connectivity index (χ3v) is 3.79. The summed E-state index contributed by atoms with van der Waals surface area (Å²) in [5, 5.41) is 11.4. The van der Waals surface area contributed by atoms with Gasteiger partial charge in [-0.3, -0.25) is 14.2 Å². The lowest BCUT2D eigenvalue weighted by Gasteiger charge is -2.07. The van der Waals surface area contributed by atoms with Crippen LogP contribution in [0.5, 0.6) is 0 Å².